The lowest BCUT2D eigenvalue weighted by molar-refractivity contribution is 0.114. The average Bonchev–Trinajstić information content (AvgIpc) is 2.97. The van der Waals surface area contributed by atoms with Gasteiger partial charge in [-0.15, -0.1) is 0 Å². The van der Waals surface area contributed by atoms with Crippen LogP contribution in [0.2, 0.25) is 0 Å². The van der Waals surface area contributed by atoms with Crippen molar-refractivity contribution in [3.8, 4) is 11.8 Å². The van der Waals surface area contributed by atoms with E-state index in [1.807, 2.05) is 0 Å². The van der Waals surface area contributed by atoms with Gasteiger partial charge in [0.1, 0.15) is 11.5 Å². The normalized spacial score (nSPS) is 18.6. The Morgan fingerprint density at radius 3 is 3.05 bits per heavy atom. The van der Waals surface area contributed by atoms with E-state index in [9.17, 15) is 8.42 Å². The second-order valence-corrected chi connectivity index (χ2v) is 6.12. The van der Waals surface area contributed by atoms with Crippen LogP contribution in [0.5, 0.6) is 0 Å². The average molecular weight is 296 g/mol. The summed E-state index contributed by atoms with van der Waals surface area (Å²) in [5.74, 6) is 5.07. The number of hydrogen-bond acceptors (Lipinski definition) is 5. The van der Waals surface area contributed by atoms with Gasteiger partial charge in [-0.25, -0.2) is 13.1 Å². The molecule has 1 aliphatic rings. The van der Waals surface area contributed by atoms with Gasteiger partial charge in [-0.2, -0.15) is 0 Å². The maximum absolute atomic E-state index is 12.1. The Kier molecular flexibility index (Phi) is 5.09. The van der Waals surface area contributed by atoms with Crippen molar-refractivity contribution in [2.45, 2.75) is 23.8 Å². The van der Waals surface area contributed by atoms with E-state index in [4.69, 9.17) is 9.84 Å². The first kappa shape index (κ1) is 14.9. The molecule has 0 aliphatic carbocycles. The highest BCUT2D eigenvalue weighted by molar-refractivity contribution is 7.89. The molecular formula is C13H16N2O4S. The monoisotopic (exact) mass is 296 g/mol. The Labute approximate surface area is 118 Å². The van der Waals surface area contributed by atoms with Crippen molar-refractivity contribution in [1.82, 2.24) is 9.71 Å². The maximum Gasteiger partial charge on any atom is 0.242 e. The molecule has 1 aliphatic heterocycles. The number of sulfonamides is 1. The number of pyridine rings is 1. The van der Waals surface area contributed by atoms with Crippen molar-refractivity contribution in [3.05, 3.63) is 24.0 Å². The van der Waals surface area contributed by atoms with Crippen LogP contribution in [0.3, 0.4) is 0 Å². The van der Waals surface area contributed by atoms with E-state index in [0.29, 0.717) is 12.2 Å². The molecule has 1 unspecified atom stereocenters. The molecule has 6 nitrogen and oxygen atoms in total. The summed E-state index contributed by atoms with van der Waals surface area (Å²) in [5, 5.41) is 8.62. The van der Waals surface area contributed by atoms with Crippen LogP contribution >= 0.6 is 0 Å². The summed E-state index contributed by atoms with van der Waals surface area (Å²) in [6.07, 6.45) is 4.47. The lowest BCUT2D eigenvalue weighted by atomic mass is 10.2. The molecule has 1 fully saturated rings. The summed E-state index contributed by atoms with van der Waals surface area (Å²) in [7, 11) is -3.62. The molecule has 1 aromatic heterocycles. The number of aromatic nitrogens is 1. The smallest absolute Gasteiger partial charge is 0.242 e. The van der Waals surface area contributed by atoms with E-state index in [1.54, 1.807) is 0 Å². The standard InChI is InChI=1S/C13H16N2O4S/c16-5-1-3-11-7-13(10-14-8-11)20(17,18)15-9-12-4-2-6-19-12/h7-8,10,12,15-16H,2,4-6,9H2. The first-order valence-corrected chi connectivity index (χ1v) is 7.76. The quantitative estimate of drug-likeness (QED) is 0.756. The van der Waals surface area contributed by atoms with Gasteiger partial charge < -0.3 is 9.84 Å². The van der Waals surface area contributed by atoms with Gasteiger partial charge in [0.15, 0.2) is 0 Å². The minimum absolute atomic E-state index is 0.0558. The third-order valence-electron chi connectivity index (χ3n) is 2.86. The SMILES string of the molecule is O=S(=O)(NCC1CCCO1)c1cncc(C#CCO)c1. The molecule has 1 saturated heterocycles. The van der Waals surface area contributed by atoms with Crippen LogP contribution in [0, 0.1) is 11.8 Å². The van der Waals surface area contributed by atoms with Crippen molar-refractivity contribution < 1.29 is 18.3 Å². The number of aliphatic hydroxyl groups is 1. The molecular weight excluding hydrogens is 280 g/mol. The Morgan fingerprint density at radius 2 is 2.35 bits per heavy atom. The molecule has 2 rings (SSSR count). The molecule has 0 radical (unpaired) electrons. The fraction of sp³-hybridized carbons (Fsp3) is 0.462. The third kappa shape index (κ3) is 4.02. The lowest BCUT2D eigenvalue weighted by Crippen LogP contribution is -2.31. The number of ether oxygens (including phenoxy) is 1. The molecule has 2 N–H and O–H groups in total. The summed E-state index contributed by atoms with van der Waals surface area (Å²) >= 11 is 0. The molecule has 2 heterocycles. The van der Waals surface area contributed by atoms with Crippen LogP contribution in [-0.2, 0) is 14.8 Å². The first-order valence-electron chi connectivity index (χ1n) is 6.28. The third-order valence-corrected chi connectivity index (χ3v) is 4.25. The van der Waals surface area contributed by atoms with Crippen molar-refractivity contribution >= 4 is 10.0 Å². The number of nitrogens with one attached hydrogen (secondary N) is 1. The summed E-state index contributed by atoms with van der Waals surface area (Å²) in [6.45, 7) is 0.656. The molecule has 1 aromatic rings. The van der Waals surface area contributed by atoms with Gasteiger partial charge in [0.2, 0.25) is 10.0 Å². The Bertz CT molecular complexity index is 613. The van der Waals surface area contributed by atoms with E-state index < -0.39 is 10.0 Å². The van der Waals surface area contributed by atoms with Crippen molar-refractivity contribution in [2.24, 2.45) is 0 Å². The Morgan fingerprint density at radius 1 is 1.50 bits per heavy atom. The maximum atomic E-state index is 12.1. The molecule has 7 heteroatoms. The molecule has 0 amide bonds. The topological polar surface area (TPSA) is 88.5 Å². The number of aliphatic hydroxyl groups excluding tert-OH is 1. The van der Waals surface area contributed by atoms with Crippen LogP contribution < -0.4 is 4.72 Å². The van der Waals surface area contributed by atoms with E-state index in [2.05, 4.69) is 21.5 Å². The molecule has 0 spiro atoms. The predicted octanol–water partition coefficient (Wildman–Crippen LogP) is -0.117. The van der Waals surface area contributed by atoms with Gasteiger partial charge in [0.05, 0.1) is 6.10 Å². The van der Waals surface area contributed by atoms with E-state index >= 15 is 0 Å². The highest BCUT2D eigenvalue weighted by Gasteiger charge is 2.20. The number of nitrogens with zero attached hydrogens (tertiary/aromatic N) is 1. The molecule has 108 valence electrons. The first-order chi connectivity index (χ1) is 9.62. The predicted molar refractivity (Wildman–Crippen MR) is 72.4 cm³/mol. The van der Waals surface area contributed by atoms with Gasteiger partial charge in [-0.3, -0.25) is 4.98 Å². The van der Waals surface area contributed by atoms with Gasteiger partial charge in [0.25, 0.3) is 0 Å². The Balaban J connectivity index is 2.08. The van der Waals surface area contributed by atoms with Gasteiger partial charge in [-0.05, 0) is 18.9 Å². The fourth-order valence-corrected chi connectivity index (χ4v) is 2.92. The number of hydrogen-bond donors (Lipinski definition) is 2. The lowest BCUT2D eigenvalue weighted by Gasteiger charge is -2.11. The highest BCUT2D eigenvalue weighted by atomic mass is 32.2. The second-order valence-electron chi connectivity index (χ2n) is 4.36. The van der Waals surface area contributed by atoms with E-state index in [-0.39, 0.29) is 24.2 Å². The van der Waals surface area contributed by atoms with E-state index in [1.165, 1.54) is 18.5 Å². The molecule has 1 atom stereocenters. The zero-order chi connectivity index (χ0) is 14.4. The highest BCUT2D eigenvalue weighted by Crippen LogP contribution is 2.13. The van der Waals surface area contributed by atoms with Crippen molar-refractivity contribution in [3.63, 3.8) is 0 Å². The van der Waals surface area contributed by atoms with Gasteiger partial charge >= 0.3 is 0 Å². The summed E-state index contributed by atoms with van der Waals surface area (Å²) in [6, 6.07) is 1.42. The Hall–Kier alpha value is -1.46. The fourth-order valence-electron chi connectivity index (χ4n) is 1.87. The molecule has 0 bridgehead atoms. The molecule has 0 aromatic carbocycles. The second kappa shape index (κ2) is 6.81. The minimum atomic E-state index is -3.62. The molecule has 0 saturated carbocycles. The number of rotatable bonds is 4. The van der Waals surface area contributed by atoms with Crippen LogP contribution in [0.4, 0.5) is 0 Å². The van der Waals surface area contributed by atoms with Gasteiger partial charge in [0, 0.05) is 31.1 Å². The van der Waals surface area contributed by atoms with E-state index in [0.717, 1.165) is 12.8 Å². The summed E-state index contributed by atoms with van der Waals surface area (Å²) < 4.78 is 32.1. The van der Waals surface area contributed by atoms with Crippen molar-refractivity contribution in [2.75, 3.05) is 19.8 Å². The van der Waals surface area contributed by atoms with Crippen LogP contribution in [-0.4, -0.2) is 44.4 Å². The summed E-state index contributed by atoms with van der Waals surface area (Å²) in [4.78, 5) is 3.90. The van der Waals surface area contributed by atoms with Gasteiger partial charge in [-0.1, -0.05) is 11.8 Å². The van der Waals surface area contributed by atoms with Crippen LogP contribution in [0.25, 0.3) is 0 Å². The minimum Gasteiger partial charge on any atom is -0.384 e. The van der Waals surface area contributed by atoms with Crippen molar-refractivity contribution in [1.29, 1.82) is 0 Å². The zero-order valence-electron chi connectivity index (χ0n) is 10.9. The largest absolute Gasteiger partial charge is 0.384 e. The zero-order valence-corrected chi connectivity index (χ0v) is 11.7. The van der Waals surface area contributed by atoms with Crippen LogP contribution in [0.1, 0.15) is 18.4 Å². The summed E-state index contributed by atoms with van der Waals surface area (Å²) in [5.41, 5.74) is 0.444. The molecule has 20 heavy (non-hydrogen) atoms. The van der Waals surface area contributed by atoms with Crippen LogP contribution in [0.15, 0.2) is 23.4 Å².